The Bertz CT molecular complexity index is 1600. The number of thiazole rings is 1. The van der Waals surface area contributed by atoms with Gasteiger partial charge < -0.3 is 15.2 Å². The number of fused-ring (bicyclic) bond motifs is 1. The number of amides is 1. The summed E-state index contributed by atoms with van der Waals surface area (Å²) in [6, 6.07) is 12.5. The Kier molecular flexibility index (Phi) is 8.32. The number of hydrogen-bond acceptors (Lipinski definition) is 7. The molecule has 1 aliphatic heterocycles. The second-order valence-electron chi connectivity index (χ2n) is 9.06. The molecule has 0 saturated heterocycles. The van der Waals surface area contributed by atoms with Gasteiger partial charge in [-0.15, -0.1) is 0 Å². The first-order chi connectivity index (χ1) is 18.1. The number of rotatable bonds is 8. The summed E-state index contributed by atoms with van der Waals surface area (Å²) in [4.78, 5) is 43.3. The average molecular weight is 599 g/mol. The second kappa shape index (κ2) is 11.5. The summed E-state index contributed by atoms with van der Waals surface area (Å²) >= 11 is 4.66. The van der Waals surface area contributed by atoms with Crippen LogP contribution in [0.3, 0.4) is 0 Å². The minimum atomic E-state index is -0.693. The Morgan fingerprint density at radius 2 is 1.92 bits per heavy atom. The fourth-order valence-electron chi connectivity index (χ4n) is 4.22. The van der Waals surface area contributed by atoms with Crippen LogP contribution in [0.25, 0.3) is 6.08 Å². The van der Waals surface area contributed by atoms with Crippen LogP contribution in [0.1, 0.15) is 56.3 Å². The Hall–Kier alpha value is -3.50. The van der Waals surface area contributed by atoms with Gasteiger partial charge in [0.2, 0.25) is 0 Å². The van der Waals surface area contributed by atoms with Crippen molar-refractivity contribution in [3.63, 3.8) is 0 Å². The van der Waals surface area contributed by atoms with Crippen LogP contribution in [0.15, 0.2) is 68.0 Å². The van der Waals surface area contributed by atoms with Crippen LogP contribution in [0.2, 0.25) is 0 Å². The lowest BCUT2D eigenvalue weighted by molar-refractivity contribution is -0.139. The van der Waals surface area contributed by atoms with Crippen LogP contribution in [0.5, 0.6) is 5.75 Å². The van der Waals surface area contributed by atoms with E-state index < -0.39 is 17.9 Å². The first-order valence-electron chi connectivity index (χ1n) is 12.1. The van der Waals surface area contributed by atoms with Gasteiger partial charge in [-0.1, -0.05) is 65.4 Å². The molecule has 10 heteroatoms. The fourth-order valence-corrected chi connectivity index (χ4v) is 5.64. The number of halogens is 1. The first kappa shape index (κ1) is 27.5. The highest BCUT2D eigenvalue weighted by Crippen LogP contribution is 2.31. The number of benzene rings is 2. The Morgan fingerprint density at radius 3 is 2.55 bits per heavy atom. The van der Waals surface area contributed by atoms with Gasteiger partial charge in [0, 0.05) is 10.0 Å². The molecular weight excluding hydrogens is 570 g/mol. The maximum atomic E-state index is 13.9. The largest absolute Gasteiger partial charge is 0.483 e. The lowest BCUT2D eigenvalue weighted by Gasteiger charge is -2.25. The molecule has 0 saturated carbocycles. The predicted octanol–water partition coefficient (Wildman–Crippen LogP) is 3.55. The summed E-state index contributed by atoms with van der Waals surface area (Å²) in [6.45, 7) is 7.62. The predicted molar refractivity (Wildman–Crippen MR) is 150 cm³/mol. The molecule has 0 spiro atoms. The van der Waals surface area contributed by atoms with E-state index in [1.807, 2.05) is 24.3 Å². The van der Waals surface area contributed by atoms with E-state index in [1.165, 1.54) is 11.3 Å². The third-order valence-electron chi connectivity index (χ3n) is 6.06. The van der Waals surface area contributed by atoms with Gasteiger partial charge >= 0.3 is 5.97 Å². The maximum absolute atomic E-state index is 13.9. The molecule has 8 nitrogen and oxygen atoms in total. The summed E-state index contributed by atoms with van der Waals surface area (Å²) in [6.07, 6.45) is 1.69. The van der Waals surface area contributed by atoms with E-state index in [2.05, 4.69) is 34.8 Å². The Balaban J connectivity index is 1.91. The minimum absolute atomic E-state index is 0.204. The topological polar surface area (TPSA) is 113 Å². The van der Waals surface area contributed by atoms with E-state index in [1.54, 1.807) is 42.7 Å². The van der Waals surface area contributed by atoms with Gasteiger partial charge in [-0.3, -0.25) is 14.2 Å². The standard InChI is InChI=1S/C28H28BrN3O5S/c1-5-36-27(35)24-16(4)31-28-32(25(24)18-8-6-17(7-9-18)15(2)3)26(34)22(38-28)13-19-12-20(29)10-11-21(19)37-14-23(30)33/h6-13,15,25H,5,14H2,1-4H3,(H2,30,33). The molecule has 1 aliphatic rings. The Morgan fingerprint density at radius 1 is 1.21 bits per heavy atom. The molecule has 2 N–H and O–H groups in total. The summed E-state index contributed by atoms with van der Waals surface area (Å²) in [5, 5.41) is 0. The molecule has 4 rings (SSSR count). The number of esters is 1. The molecule has 0 aliphatic carbocycles. The van der Waals surface area contributed by atoms with Gasteiger partial charge in [0.05, 0.1) is 28.5 Å². The van der Waals surface area contributed by atoms with Gasteiger partial charge in [0.15, 0.2) is 11.4 Å². The SMILES string of the molecule is CCOC(=O)C1=C(C)N=c2sc(=Cc3cc(Br)ccc3OCC(N)=O)c(=O)n2C1c1ccc(C(C)C)cc1. The second-order valence-corrected chi connectivity index (χ2v) is 11.0. The third-order valence-corrected chi connectivity index (χ3v) is 7.54. The quantitative estimate of drug-likeness (QED) is 0.399. The molecule has 0 fully saturated rings. The van der Waals surface area contributed by atoms with Crippen LogP contribution < -0.4 is 25.4 Å². The summed E-state index contributed by atoms with van der Waals surface area (Å²) < 4.78 is 13.6. The number of allylic oxidation sites excluding steroid dienone is 1. The lowest BCUT2D eigenvalue weighted by Crippen LogP contribution is -2.40. The van der Waals surface area contributed by atoms with Crippen molar-refractivity contribution in [2.24, 2.45) is 10.7 Å². The molecule has 1 atom stereocenters. The summed E-state index contributed by atoms with van der Waals surface area (Å²) in [7, 11) is 0. The van der Waals surface area contributed by atoms with Crippen molar-refractivity contribution in [3.8, 4) is 5.75 Å². The van der Waals surface area contributed by atoms with Gasteiger partial charge in [0.1, 0.15) is 5.75 Å². The van der Waals surface area contributed by atoms with Crippen molar-refractivity contribution < 1.29 is 19.1 Å². The van der Waals surface area contributed by atoms with Crippen molar-refractivity contribution in [1.82, 2.24) is 4.57 Å². The number of primary amides is 1. The van der Waals surface area contributed by atoms with Crippen LogP contribution in [0.4, 0.5) is 0 Å². The molecule has 2 aromatic carbocycles. The molecule has 1 unspecified atom stereocenters. The molecule has 1 aromatic heterocycles. The highest BCUT2D eigenvalue weighted by Gasteiger charge is 2.33. The first-order valence-corrected chi connectivity index (χ1v) is 13.7. The van der Waals surface area contributed by atoms with E-state index in [0.29, 0.717) is 37.8 Å². The van der Waals surface area contributed by atoms with Gasteiger partial charge in [0.25, 0.3) is 11.5 Å². The molecule has 198 valence electrons. The maximum Gasteiger partial charge on any atom is 0.338 e. The van der Waals surface area contributed by atoms with Crippen molar-refractivity contribution in [2.45, 2.75) is 39.7 Å². The van der Waals surface area contributed by atoms with Gasteiger partial charge in [-0.25, -0.2) is 9.79 Å². The van der Waals surface area contributed by atoms with E-state index in [0.717, 1.165) is 15.6 Å². The van der Waals surface area contributed by atoms with Crippen LogP contribution in [-0.4, -0.2) is 29.7 Å². The van der Waals surface area contributed by atoms with E-state index in [9.17, 15) is 14.4 Å². The van der Waals surface area contributed by atoms with Crippen LogP contribution in [0, 0.1) is 0 Å². The normalized spacial score (nSPS) is 15.3. The number of hydrogen-bond donors (Lipinski definition) is 1. The Labute approximate surface area is 232 Å². The molecule has 0 radical (unpaired) electrons. The number of nitrogens with zero attached hydrogens (tertiary/aromatic N) is 2. The van der Waals surface area contributed by atoms with E-state index in [4.69, 9.17) is 15.2 Å². The summed E-state index contributed by atoms with van der Waals surface area (Å²) in [5.74, 6) is -0.370. The van der Waals surface area contributed by atoms with Crippen molar-refractivity contribution in [2.75, 3.05) is 13.2 Å². The minimum Gasteiger partial charge on any atom is -0.483 e. The number of ether oxygens (including phenoxy) is 2. The number of carbonyl (C=O) groups is 2. The average Bonchev–Trinajstić information content (AvgIpc) is 3.17. The van der Waals surface area contributed by atoms with Crippen LogP contribution >= 0.6 is 27.3 Å². The summed E-state index contributed by atoms with van der Waals surface area (Å²) in [5.41, 5.74) is 8.29. The van der Waals surface area contributed by atoms with Crippen molar-refractivity contribution >= 4 is 45.2 Å². The van der Waals surface area contributed by atoms with Gasteiger partial charge in [-0.2, -0.15) is 0 Å². The molecule has 0 bridgehead atoms. The number of aromatic nitrogens is 1. The lowest BCUT2D eigenvalue weighted by atomic mass is 9.93. The third kappa shape index (κ3) is 5.66. The molecule has 2 heterocycles. The van der Waals surface area contributed by atoms with Gasteiger partial charge in [-0.05, 0) is 55.2 Å². The zero-order valence-corrected chi connectivity index (χ0v) is 23.9. The molecular formula is C28H28BrN3O5S. The van der Waals surface area contributed by atoms with E-state index >= 15 is 0 Å². The molecule has 38 heavy (non-hydrogen) atoms. The monoisotopic (exact) mass is 597 g/mol. The number of nitrogens with two attached hydrogens (primary N) is 1. The zero-order valence-electron chi connectivity index (χ0n) is 21.5. The fraction of sp³-hybridized carbons (Fsp3) is 0.286. The van der Waals surface area contributed by atoms with Crippen LogP contribution in [-0.2, 0) is 14.3 Å². The van der Waals surface area contributed by atoms with Crippen molar-refractivity contribution in [1.29, 1.82) is 0 Å². The number of carbonyl (C=O) groups excluding carboxylic acids is 2. The smallest absolute Gasteiger partial charge is 0.338 e. The highest BCUT2D eigenvalue weighted by molar-refractivity contribution is 9.10. The molecule has 3 aromatic rings. The van der Waals surface area contributed by atoms with E-state index in [-0.39, 0.29) is 18.8 Å². The highest BCUT2D eigenvalue weighted by atomic mass is 79.9. The zero-order chi connectivity index (χ0) is 27.6. The molecule has 1 amide bonds. The van der Waals surface area contributed by atoms with Crippen molar-refractivity contribution in [3.05, 3.63) is 94.6 Å².